The first kappa shape index (κ1) is 18.6. The number of aromatic nitrogens is 4. The van der Waals surface area contributed by atoms with Gasteiger partial charge in [0.2, 0.25) is 11.9 Å². The molecular formula is C19H26N8O. The highest BCUT2D eigenvalue weighted by molar-refractivity contribution is 5.94. The lowest BCUT2D eigenvalue weighted by Crippen LogP contribution is -2.48. The van der Waals surface area contributed by atoms with Gasteiger partial charge in [0, 0.05) is 44.7 Å². The average molecular weight is 382 g/mol. The summed E-state index contributed by atoms with van der Waals surface area (Å²) in [6.07, 6.45) is 1.70. The van der Waals surface area contributed by atoms with Crippen molar-refractivity contribution < 1.29 is 4.79 Å². The third-order valence-electron chi connectivity index (χ3n) is 5.22. The monoisotopic (exact) mass is 382 g/mol. The molecule has 3 heterocycles. The molecule has 2 N–H and O–H groups in total. The zero-order valence-electron chi connectivity index (χ0n) is 16.3. The summed E-state index contributed by atoms with van der Waals surface area (Å²) in [5.41, 5.74) is 1.69. The molecule has 0 saturated carbocycles. The van der Waals surface area contributed by atoms with Crippen LogP contribution >= 0.6 is 0 Å². The molecule has 1 amide bonds. The molecule has 9 heteroatoms. The fraction of sp³-hybridized carbons (Fsp3) is 0.474. The number of carbonyl (C=O) groups excluding carboxylic acids is 1. The minimum Gasteiger partial charge on any atom is -0.353 e. The topological polar surface area (TPSA) is 90.7 Å². The Morgan fingerprint density at radius 3 is 2.82 bits per heavy atom. The molecule has 3 aromatic rings. The molecule has 1 saturated heterocycles. The van der Waals surface area contributed by atoms with Crippen LogP contribution in [0.4, 0.5) is 5.95 Å². The van der Waals surface area contributed by atoms with E-state index in [1.54, 1.807) is 10.7 Å². The van der Waals surface area contributed by atoms with Crippen molar-refractivity contribution in [1.29, 1.82) is 0 Å². The van der Waals surface area contributed by atoms with E-state index in [9.17, 15) is 4.79 Å². The van der Waals surface area contributed by atoms with E-state index in [1.807, 2.05) is 31.2 Å². The Balaban J connectivity index is 1.38. The number of benzene rings is 1. The summed E-state index contributed by atoms with van der Waals surface area (Å²) in [6.45, 7) is 7.58. The lowest BCUT2D eigenvalue weighted by atomic mass is 10.2. The maximum absolute atomic E-state index is 12.5. The Kier molecular flexibility index (Phi) is 5.36. The van der Waals surface area contributed by atoms with Gasteiger partial charge in [-0.05, 0) is 20.0 Å². The minimum absolute atomic E-state index is 0.0580. The van der Waals surface area contributed by atoms with E-state index in [0.717, 1.165) is 49.1 Å². The van der Waals surface area contributed by atoms with Crippen LogP contribution in [0.5, 0.6) is 0 Å². The summed E-state index contributed by atoms with van der Waals surface area (Å²) in [4.78, 5) is 21.8. The molecule has 0 aliphatic carbocycles. The number of anilines is 1. The van der Waals surface area contributed by atoms with Crippen LogP contribution in [0, 0.1) is 0 Å². The highest BCUT2D eigenvalue weighted by atomic mass is 16.2. The average Bonchev–Trinajstić information content (AvgIpc) is 3.20. The van der Waals surface area contributed by atoms with Crippen LogP contribution in [0.1, 0.15) is 6.92 Å². The molecule has 148 valence electrons. The standard InChI is InChI=1S/C19H26N8O/c1-14(18(28)20-7-8-26-11-9-25(2)10-12-26)22-19-23-16-6-4-3-5-15(16)17-13-21-24-27(17)19/h3-6,13-14H,7-12H2,1-2H3,(H,20,28)(H,22,23)/t14-/m1/s1. The number of rotatable bonds is 6. The van der Waals surface area contributed by atoms with Crippen LogP contribution < -0.4 is 10.6 Å². The molecule has 1 atom stereocenters. The molecule has 0 unspecified atom stereocenters. The molecule has 2 aromatic heterocycles. The lowest BCUT2D eigenvalue weighted by molar-refractivity contribution is -0.121. The second-order valence-electron chi connectivity index (χ2n) is 7.29. The van der Waals surface area contributed by atoms with Crippen LogP contribution in [0.3, 0.4) is 0 Å². The third kappa shape index (κ3) is 3.90. The van der Waals surface area contributed by atoms with Gasteiger partial charge in [-0.3, -0.25) is 9.69 Å². The Hall–Kier alpha value is -2.78. The summed E-state index contributed by atoms with van der Waals surface area (Å²) in [7, 11) is 2.14. The molecule has 4 rings (SSSR count). The van der Waals surface area contributed by atoms with E-state index < -0.39 is 6.04 Å². The first-order valence-electron chi connectivity index (χ1n) is 9.66. The fourth-order valence-corrected chi connectivity index (χ4v) is 3.44. The van der Waals surface area contributed by atoms with Gasteiger partial charge in [-0.15, -0.1) is 5.10 Å². The van der Waals surface area contributed by atoms with Crippen molar-refractivity contribution in [3.63, 3.8) is 0 Å². The van der Waals surface area contributed by atoms with Crippen LogP contribution in [0.2, 0.25) is 0 Å². The number of likely N-dealkylation sites (N-methyl/N-ethyl adjacent to an activating group) is 1. The lowest BCUT2D eigenvalue weighted by Gasteiger charge is -2.32. The first-order valence-corrected chi connectivity index (χ1v) is 9.66. The SMILES string of the molecule is C[C@@H](Nc1nc2ccccc2c2cnnn12)C(=O)NCCN1CCN(C)CC1. The van der Waals surface area contributed by atoms with Crippen molar-refractivity contribution in [3.05, 3.63) is 30.5 Å². The summed E-state index contributed by atoms with van der Waals surface area (Å²) < 4.78 is 1.64. The van der Waals surface area contributed by atoms with Gasteiger partial charge >= 0.3 is 0 Å². The van der Waals surface area contributed by atoms with E-state index in [4.69, 9.17) is 0 Å². The Morgan fingerprint density at radius 2 is 2.00 bits per heavy atom. The van der Waals surface area contributed by atoms with Gasteiger partial charge in [-0.1, -0.05) is 23.4 Å². The van der Waals surface area contributed by atoms with E-state index in [2.05, 4.69) is 42.8 Å². The van der Waals surface area contributed by atoms with Crippen LogP contribution in [-0.2, 0) is 4.79 Å². The van der Waals surface area contributed by atoms with Gasteiger partial charge in [-0.2, -0.15) is 4.52 Å². The predicted octanol–water partition coefficient (Wildman–Crippen LogP) is 0.442. The molecule has 28 heavy (non-hydrogen) atoms. The Morgan fingerprint density at radius 1 is 1.21 bits per heavy atom. The van der Waals surface area contributed by atoms with Gasteiger partial charge in [0.1, 0.15) is 6.04 Å². The summed E-state index contributed by atoms with van der Waals surface area (Å²) in [6, 6.07) is 7.38. The molecule has 1 aliphatic heterocycles. The van der Waals surface area contributed by atoms with Crippen molar-refractivity contribution in [3.8, 4) is 0 Å². The zero-order valence-corrected chi connectivity index (χ0v) is 16.3. The number of nitrogens with zero attached hydrogens (tertiary/aromatic N) is 6. The Bertz CT molecular complexity index is 963. The molecule has 1 fully saturated rings. The van der Waals surface area contributed by atoms with Crippen LogP contribution in [0.25, 0.3) is 16.4 Å². The van der Waals surface area contributed by atoms with Crippen LogP contribution in [-0.4, -0.2) is 87.9 Å². The second-order valence-corrected chi connectivity index (χ2v) is 7.29. The third-order valence-corrected chi connectivity index (χ3v) is 5.22. The number of hydrogen-bond acceptors (Lipinski definition) is 7. The molecular weight excluding hydrogens is 356 g/mol. The van der Waals surface area contributed by atoms with Crippen molar-refractivity contribution >= 4 is 28.3 Å². The number of carbonyl (C=O) groups is 1. The van der Waals surface area contributed by atoms with Gasteiger partial charge in [0.05, 0.1) is 17.2 Å². The molecule has 9 nitrogen and oxygen atoms in total. The largest absolute Gasteiger partial charge is 0.353 e. The highest BCUT2D eigenvalue weighted by Crippen LogP contribution is 2.20. The summed E-state index contributed by atoms with van der Waals surface area (Å²) >= 11 is 0. The zero-order chi connectivity index (χ0) is 19.5. The first-order chi connectivity index (χ1) is 13.6. The highest BCUT2D eigenvalue weighted by Gasteiger charge is 2.18. The van der Waals surface area contributed by atoms with Gasteiger partial charge < -0.3 is 15.5 Å². The number of fused-ring (bicyclic) bond motifs is 3. The van der Waals surface area contributed by atoms with Crippen molar-refractivity contribution in [2.75, 3.05) is 51.6 Å². The summed E-state index contributed by atoms with van der Waals surface area (Å²) in [5, 5.41) is 15.3. The van der Waals surface area contributed by atoms with E-state index >= 15 is 0 Å². The van der Waals surface area contributed by atoms with Crippen molar-refractivity contribution in [1.82, 2.24) is 34.9 Å². The molecule has 1 aliphatic rings. The van der Waals surface area contributed by atoms with Crippen molar-refractivity contribution in [2.24, 2.45) is 0 Å². The number of para-hydroxylation sites is 1. The number of piperazine rings is 1. The number of nitrogens with one attached hydrogen (secondary N) is 2. The molecule has 0 bridgehead atoms. The smallest absolute Gasteiger partial charge is 0.242 e. The van der Waals surface area contributed by atoms with Gasteiger partial charge in [0.15, 0.2) is 0 Å². The molecule has 0 radical (unpaired) electrons. The summed E-state index contributed by atoms with van der Waals surface area (Å²) in [5.74, 6) is 0.449. The second kappa shape index (κ2) is 8.07. The maximum Gasteiger partial charge on any atom is 0.242 e. The Labute approximate surface area is 163 Å². The van der Waals surface area contributed by atoms with E-state index in [1.165, 1.54) is 0 Å². The van der Waals surface area contributed by atoms with Crippen LogP contribution in [0.15, 0.2) is 30.5 Å². The number of amides is 1. The maximum atomic E-state index is 12.5. The van der Waals surface area contributed by atoms with Gasteiger partial charge in [0.25, 0.3) is 0 Å². The number of hydrogen-bond donors (Lipinski definition) is 2. The fourth-order valence-electron chi connectivity index (χ4n) is 3.44. The van der Waals surface area contributed by atoms with Gasteiger partial charge in [-0.25, -0.2) is 4.98 Å². The molecule has 1 aromatic carbocycles. The van der Waals surface area contributed by atoms with E-state index in [0.29, 0.717) is 12.5 Å². The normalized spacial score (nSPS) is 17.1. The quantitative estimate of drug-likeness (QED) is 0.639. The predicted molar refractivity (Wildman–Crippen MR) is 108 cm³/mol. The van der Waals surface area contributed by atoms with E-state index in [-0.39, 0.29) is 5.91 Å². The minimum atomic E-state index is -0.437. The van der Waals surface area contributed by atoms with Crippen molar-refractivity contribution in [2.45, 2.75) is 13.0 Å². The molecule has 0 spiro atoms.